The van der Waals surface area contributed by atoms with Gasteiger partial charge in [0.15, 0.2) is 5.65 Å². The second-order valence-electron chi connectivity index (χ2n) is 8.36. The van der Waals surface area contributed by atoms with Crippen molar-refractivity contribution in [3.05, 3.63) is 56.0 Å². The van der Waals surface area contributed by atoms with Crippen molar-refractivity contribution in [2.75, 3.05) is 11.1 Å². The first-order chi connectivity index (χ1) is 15.3. The van der Waals surface area contributed by atoms with E-state index in [4.69, 9.17) is 4.98 Å². The van der Waals surface area contributed by atoms with Crippen LogP contribution in [0, 0.1) is 13.8 Å². The molecule has 168 valence electrons. The topological polar surface area (TPSA) is 98.9 Å². The van der Waals surface area contributed by atoms with E-state index in [1.165, 1.54) is 23.4 Å². The number of thioether (sulfide) groups is 1. The molecule has 0 unspecified atom stereocenters. The maximum atomic E-state index is 12.9. The molecule has 0 radical (unpaired) electrons. The number of aromatic nitrogens is 4. The molecule has 2 heterocycles. The lowest BCUT2D eigenvalue weighted by Gasteiger charge is -2.14. The smallest absolute Gasteiger partial charge is 0.325 e. The summed E-state index contributed by atoms with van der Waals surface area (Å²) in [6.45, 7) is 3.96. The Hall–Kier alpha value is -2.94. The van der Waals surface area contributed by atoms with Crippen molar-refractivity contribution >= 4 is 34.4 Å². The van der Waals surface area contributed by atoms with E-state index in [-0.39, 0.29) is 23.0 Å². The van der Waals surface area contributed by atoms with Crippen LogP contribution in [0.2, 0.25) is 0 Å². The average molecular weight is 454 g/mol. The number of benzene rings is 1. The highest BCUT2D eigenvalue weighted by atomic mass is 32.2. The summed E-state index contributed by atoms with van der Waals surface area (Å²) in [5, 5.41) is 3.67. The van der Waals surface area contributed by atoms with Crippen LogP contribution in [-0.2, 0) is 18.9 Å². The number of aryl methyl sites for hydroxylation is 2. The molecule has 1 aliphatic carbocycles. The van der Waals surface area contributed by atoms with Gasteiger partial charge in [0.05, 0.1) is 5.75 Å². The summed E-state index contributed by atoms with van der Waals surface area (Å²) in [7, 11) is 3.05. The van der Waals surface area contributed by atoms with E-state index in [1.807, 2.05) is 32.0 Å². The first-order valence-electron chi connectivity index (χ1n) is 10.7. The van der Waals surface area contributed by atoms with Crippen LogP contribution in [-0.4, -0.2) is 30.8 Å². The molecule has 8 nitrogen and oxygen atoms in total. The third kappa shape index (κ3) is 4.09. The molecule has 0 spiro atoms. The van der Waals surface area contributed by atoms with Crippen LogP contribution in [0.1, 0.15) is 48.6 Å². The van der Waals surface area contributed by atoms with Crippen LogP contribution >= 0.6 is 11.8 Å². The molecule has 3 aromatic rings. The first-order valence-corrected chi connectivity index (χ1v) is 11.7. The fourth-order valence-corrected chi connectivity index (χ4v) is 4.94. The quantitative estimate of drug-likeness (QED) is 0.471. The molecule has 0 saturated heterocycles. The summed E-state index contributed by atoms with van der Waals surface area (Å²) in [5.74, 6) is 0.771. The Morgan fingerprint density at radius 3 is 2.56 bits per heavy atom. The summed E-state index contributed by atoms with van der Waals surface area (Å²) in [4.78, 5) is 47.4. The second-order valence-corrected chi connectivity index (χ2v) is 9.32. The van der Waals surface area contributed by atoms with Crippen molar-refractivity contribution in [3.63, 3.8) is 0 Å². The number of fused-ring (bicyclic) bond motifs is 1. The van der Waals surface area contributed by atoms with E-state index in [9.17, 15) is 14.4 Å². The van der Waals surface area contributed by atoms with Gasteiger partial charge < -0.3 is 5.32 Å². The summed E-state index contributed by atoms with van der Waals surface area (Å²) >= 11 is 1.21. The summed E-state index contributed by atoms with van der Waals surface area (Å²) in [5.41, 5.74) is 2.34. The minimum atomic E-state index is -0.446. The molecule has 1 N–H and O–H groups in total. The van der Waals surface area contributed by atoms with E-state index >= 15 is 0 Å². The Morgan fingerprint density at radius 2 is 1.84 bits per heavy atom. The van der Waals surface area contributed by atoms with Crippen molar-refractivity contribution in [2.24, 2.45) is 14.1 Å². The zero-order chi connectivity index (χ0) is 23.0. The number of amides is 1. The molecule has 0 atom stereocenters. The largest absolute Gasteiger partial charge is 0.332 e. The highest BCUT2D eigenvalue weighted by Gasteiger charge is 2.24. The lowest BCUT2D eigenvalue weighted by molar-refractivity contribution is -0.113. The van der Waals surface area contributed by atoms with Crippen molar-refractivity contribution in [3.8, 4) is 0 Å². The minimum absolute atomic E-state index is 0.0929. The molecule has 1 amide bonds. The van der Waals surface area contributed by atoms with Gasteiger partial charge in [-0.05, 0) is 43.9 Å². The number of carbonyl (C=O) groups excluding carboxylic acids is 1. The Kier molecular flexibility index (Phi) is 6.19. The number of rotatable bonds is 5. The molecule has 0 aliphatic heterocycles. The average Bonchev–Trinajstić information content (AvgIpc) is 3.32. The molecular formula is C23H27N5O3S. The van der Waals surface area contributed by atoms with Crippen LogP contribution < -0.4 is 16.6 Å². The van der Waals surface area contributed by atoms with E-state index in [0.717, 1.165) is 47.1 Å². The number of anilines is 1. The SMILES string of the molecule is Cc1cccc(NC(=O)CSc2nc(C3CCCC3)nc3c2c(=O)n(C)c(=O)n3C)c1C. The number of nitrogens with one attached hydrogen (secondary N) is 1. The highest BCUT2D eigenvalue weighted by Crippen LogP contribution is 2.34. The Bertz CT molecular complexity index is 1320. The van der Waals surface area contributed by atoms with Gasteiger partial charge in [0.25, 0.3) is 5.56 Å². The monoisotopic (exact) mass is 453 g/mol. The fourth-order valence-electron chi connectivity index (χ4n) is 4.12. The van der Waals surface area contributed by atoms with Crippen LogP contribution in [0.25, 0.3) is 11.0 Å². The third-order valence-corrected chi connectivity index (χ3v) is 7.20. The predicted octanol–water partition coefficient (Wildman–Crippen LogP) is 3.03. The van der Waals surface area contributed by atoms with Crippen molar-refractivity contribution in [1.29, 1.82) is 0 Å². The fraction of sp³-hybridized carbons (Fsp3) is 0.435. The summed E-state index contributed by atoms with van der Waals surface area (Å²) in [6.07, 6.45) is 4.20. The van der Waals surface area contributed by atoms with Gasteiger partial charge in [-0.1, -0.05) is 36.7 Å². The summed E-state index contributed by atoms with van der Waals surface area (Å²) < 4.78 is 2.44. The predicted molar refractivity (Wildman–Crippen MR) is 126 cm³/mol. The summed E-state index contributed by atoms with van der Waals surface area (Å²) in [6, 6.07) is 5.77. The van der Waals surface area contributed by atoms with Crippen molar-refractivity contribution < 1.29 is 4.79 Å². The van der Waals surface area contributed by atoms with Gasteiger partial charge in [-0.2, -0.15) is 0 Å². The van der Waals surface area contributed by atoms with Gasteiger partial charge in [-0.15, -0.1) is 0 Å². The van der Waals surface area contributed by atoms with Gasteiger partial charge in [-0.3, -0.25) is 18.7 Å². The van der Waals surface area contributed by atoms with Gasteiger partial charge in [0, 0.05) is 25.7 Å². The standard InChI is InChI=1S/C23H27N5O3S/c1-13-8-7-11-16(14(13)2)24-17(29)12-32-21-18-20(27(3)23(31)28(4)22(18)30)25-19(26-21)15-9-5-6-10-15/h7-8,11,15H,5-6,9-10,12H2,1-4H3,(H,24,29). The molecule has 1 aliphatic rings. The Labute approximate surface area is 190 Å². The minimum Gasteiger partial charge on any atom is -0.325 e. The maximum Gasteiger partial charge on any atom is 0.332 e. The van der Waals surface area contributed by atoms with Gasteiger partial charge in [-0.25, -0.2) is 14.8 Å². The number of nitrogens with zero attached hydrogens (tertiary/aromatic N) is 4. The van der Waals surface area contributed by atoms with Gasteiger partial charge in [0.1, 0.15) is 16.2 Å². The zero-order valence-corrected chi connectivity index (χ0v) is 19.6. The van der Waals surface area contributed by atoms with Gasteiger partial charge in [0.2, 0.25) is 5.91 Å². The molecule has 1 fully saturated rings. The van der Waals surface area contributed by atoms with E-state index < -0.39 is 11.2 Å². The van der Waals surface area contributed by atoms with Crippen molar-refractivity contribution in [2.45, 2.75) is 50.5 Å². The van der Waals surface area contributed by atoms with Crippen LogP contribution in [0.5, 0.6) is 0 Å². The molecule has 1 saturated carbocycles. The molecule has 0 bridgehead atoms. The van der Waals surface area contributed by atoms with E-state index in [1.54, 1.807) is 7.05 Å². The molecule has 2 aromatic heterocycles. The van der Waals surface area contributed by atoms with Crippen LogP contribution in [0.3, 0.4) is 0 Å². The molecule has 4 rings (SSSR count). The molecule has 9 heteroatoms. The number of hydrogen-bond donors (Lipinski definition) is 1. The lowest BCUT2D eigenvalue weighted by Crippen LogP contribution is -2.38. The zero-order valence-electron chi connectivity index (χ0n) is 18.8. The van der Waals surface area contributed by atoms with E-state index in [0.29, 0.717) is 16.5 Å². The van der Waals surface area contributed by atoms with Gasteiger partial charge >= 0.3 is 5.69 Å². The third-order valence-electron chi connectivity index (χ3n) is 6.22. The second kappa shape index (κ2) is 8.90. The molecular weight excluding hydrogens is 426 g/mol. The highest BCUT2D eigenvalue weighted by molar-refractivity contribution is 8.00. The van der Waals surface area contributed by atoms with Crippen LogP contribution in [0.15, 0.2) is 32.8 Å². The Morgan fingerprint density at radius 1 is 1.12 bits per heavy atom. The normalized spacial score (nSPS) is 14.2. The Balaban J connectivity index is 1.70. The molecule has 1 aromatic carbocycles. The molecule has 32 heavy (non-hydrogen) atoms. The van der Waals surface area contributed by atoms with Crippen LogP contribution in [0.4, 0.5) is 5.69 Å². The maximum absolute atomic E-state index is 12.9. The lowest BCUT2D eigenvalue weighted by atomic mass is 10.1. The van der Waals surface area contributed by atoms with Crippen molar-refractivity contribution in [1.82, 2.24) is 19.1 Å². The first kappa shape index (κ1) is 22.3. The van der Waals surface area contributed by atoms with E-state index in [2.05, 4.69) is 10.3 Å². The number of hydrogen-bond acceptors (Lipinski definition) is 6. The number of carbonyl (C=O) groups is 1.